The van der Waals surface area contributed by atoms with E-state index in [0.717, 1.165) is 5.39 Å². The van der Waals surface area contributed by atoms with Gasteiger partial charge in [0.2, 0.25) is 0 Å². The molecule has 1 aromatic heterocycles. The summed E-state index contributed by atoms with van der Waals surface area (Å²) in [7, 11) is 0. The molecule has 0 atom stereocenters. The van der Waals surface area contributed by atoms with Crippen molar-refractivity contribution in [3.8, 4) is 0 Å². The highest BCUT2D eigenvalue weighted by atomic mass is 35.5. The predicted molar refractivity (Wildman–Crippen MR) is 54.0 cm³/mol. The van der Waals surface area contributed by atoms with E-state index in [9.17, 15) is 4.79 Å². The number of nitrogens with two attached hydrogens (primary N) is 1. The van der Waals surface area contributed by atoms with E-state index in [1.54, 1.807) is 6.07 Å². The van der Waals surface area contributed by atoms with E-state index in [1.165, 1.54) is 0 Å². The molecular formula is C9H7ClN2O. The molecule has 0 aliphatic heterocycles. The lowest BCUT2D eigenvalue weighted by Gasteiger charge is -2.01. The molecule has 0 fully saturated rings. The van der Waals surface area contributed by atoms with Crippen molar-refractivity contribution >= 4 is 28.2 Å². The van der Waals surface area contributed by atoms with Gasteiger partial charge in [-0.25, -0.2) is 0 Å². The summed E-state index contributed by atoms with van der Waals surface area (Å²) in [4.78, 5) is 13.8. The summed E-state index contributed by atoms with van der Waals surface area (Å²) in [5.74, 6) is 0. The Labute approximate surface area is 79.1 Å². The summed E-state index contributed by atoms with van der Waals surface area (Å²) >= 11 is 5.89. The maximum Gasteiger partial charge on any atom is 0.273 e. The van der Waals surface area contributed by atoms with Crippen molar-refractivity contribution in [2.75, 3.05) is 5.73 Å². The van der Waals surface area contributed by atoms with Gasteiger partial charge in [-0.3, -0.25) is 4.79 Å². The number of para-hydroxylation sites is 1. The van der Waals surface area contributed by atoms with Crippen LogP contribution in [0, 0.1) is 0 Å². The second kappa shape index (κ2) is 2.78. The van der Waals surface area contributed by atoms with Gasteiger partial charge in [0.05, 0.1) is 5.02 Å². The van der Waals surface area contributed by atoms with Gasteiger partial charge >= 0.3 is 0 Å². The lowest BCUT2D eigenvalue weighted by Crippen LogP contribution is -2.11. The molecule has 4 heteroatoms. The number of benzene rings is 1. The van der Waals surface area contributed by atoms with Crippen LogP contribution in [0.5, 0.6) is 0 Å². The topological polar surface area (TPSA) is 58.9 Å². The van der Waals surface area contributed by atoms with Crippen LogP contribution in [0.2, 0.25) is 5.02 Å². The number of hydrogen-bond acceptors (Lipinski definition) is 2. The Morgan fingerprint density at radius 2 is 2.00 bits per heavy atom. The van der Waals surface area contributed by atoms with Gasteiger partial charge in [0.25, 0.3) is 5.56 Å². The predicted octanol–water partition coefficient (Wildman–Crippen LogP) is 1.76. The fraction of sp³-hybridized carbons (Fsp3) is 0. The molecule has 3 nitrogen and oxygen atoms in total. The Morgan fingerprint density at radius 3 is 2.77 bits per heavy atom. The summed E-state index contributed by atoms with van der Waals surface area (Å²) in [6, 6.07) is 7.25. The lowest BCUT2D eigenvalue weighted by molar-refractivity contribution is 1.31. The molecule has 13 heavy (non-hydrogen) atoms. The lowest BCUT2D eigenvalue weighted by atomic mass is 10.2. The van der Waals surface area contributed by atoms with E-state index in [1.807, 2.05) is 18.2 Å². The Hall–Kier alpha value is -1.48. The van der Waals surface area contributed by atoms with E-state index in [4.69, 9.17) is 17.3 Å². The molecule has 0 amide bonds. The highest BCUT2D eigenvalue weighted by Gasteiger charge is 2.05. The zero-order valence-corrected chi connectivity index (χ0v) is 7.43. The standard InChI is InChI=1S/C9H7ClN2O/c10-7-5-3-1-2-4-6(5)12-9(13)8(7)11/h1-4H,11H2,(H,12,13). The van der Waals surface area contributed by atoms with Crippen molar-refractivity contribution in [3.05, 3.63) is 39.6 Å². The van der Waals surface area contributed by atoms with Crippen LogP contribution in [0.1, 0.15) is 0 Å². The molecule has 1 heterocycles. The van der Waals surface area contributed by atoms with E-state index in [0.29, 0.717) is 10.5 Å². The van der Waals surface area contributed by atoms with E-state index >= 15 is 0 Å². The third kappa shape index (κ3) is 1.17. The van der Waals surface area contributed by atoms with Crippen molar-refractivity contribution in [1.82, 2.24) is 4.98 Å². The third-order valence-corrected chi connectivity index (χ3v) is 2.30. The van der Waals surface area contributed by atoms with Crippen molar-refractivity contribution in [2.24, 2.45) is 0 Å². The van der Waals surface area contributed by atoms with Crippen molar-refractivity contribution < 1.29 is 0 Å². The van der Waals surface area contributed by atoms with Crippen LogP contribution >= 0.6 is 11.6 Å². The molecule has 0 aliphatic carbocycles. The Kier molecular flexibility index (Phi) is 1.74. The number of fused-ring (bicyclic) bond motifs is 1. The maximum atomic E-state index is 11.2. The summed E-state index contributed by atoms with van der Waals surface area (Å²) in [6.07, 6.45) is 0. The Morgan fingerprint density at radius 1 is 1.31 bits per heavy atom. The number of aromatic nitrogens is 1. The quantitative estimate of drug-likeness (QED) is 0.672. The number of nitrogens with one attached hydrogen (secondary N) is 1. The number of H-pyrrole nitrogens is 1. The molecule has 2 aromatic rings. The Balaban J connectivity index is 3.02. The molecule has 2 rings (SSSR count). The summed E-state index contributed by atoms with van der Waals surface area (Å²) in [5, 5.41) is 1.08. The van der Waals surface area contributed by atoms with E-state index < -0.39 is 0 Å². The van der Waals surface area contributed by atoms with Crippen LogP contribution in [-0.2, 0) is 0 Å². The summed E-state index contributed by atoms with van der Waals surface area (Å²) < 4.78 is 0. The number of nitrogen functional groups attached to an aromatic ring is 1. The summed E-state index contributed by atoms with van der Waals surface area (Å²) in [6.45, 7) is 0. The first-order valence-corrected chi connectivity index (χ1v) is 4.14. The van der Waals surface area contributed by atoms with Crippen LogP contribution < -0.4 is 11.3 Å². The zero-order chi connectivity index (χ0) is 9.42. The zero-order valence-electron chi connectivity index (χ0n) is 6.67. The normalized spacial score (nSPS) is 10.5. The molecule has 3 N–H and O–H groups in total. The first-order valence-electron chi connectivity index (χ1n) is 3.76. The number of pyridine rings is 1. The SMILES string of the molecule is Nc1c(Cl)c2ccccc2[nH]c1=O. The molecule has 0 spiro atoms. The minimum Gasteiger partial charge on any atom is -0.393 e. The number of anilines is 1. The molecule has 0 radical (unpaired) electrons. The molecule has 1 aromatic carbocycles. The molecular weight excluding hydrogens is 188 g/mol. The van der Waals surface area contributed by atoms with Gasteiger partial charge in [-0.2, -0.15) is 0 Å². The van der Waals surface area contributed by atoms with Crippen LogP contribution in [0.4, 0.5) is 5.69 Å². The molecule has 0 unspecified atom stereocenters. The van der Waals surface area contributed by atoms with Gasteiger partial charge in [-0.15, -0.1) is 0 Å². The van der Waals surface area contributed by atoms with Crippen molar-refractivity contribution in [2.45, 2.75) is 0 Å². The molecule has 0 aliphatic rings. The minimum absolute atomic E-state index is 0.0698. The van der Waals surface area contributed by atoms with Gasteiger partial charge in [-0.1, -0.05) is 29.8 Å². The van der Waals surface area contributed by atoms with E-state index in [-0.39, 0.29) is 11.2 Å². The van der Waals surface area contributed by atoms with Crippen LogP contribution in [-0.4, -0.2) is 4.98 Å². The first-order chi connectivity index (χ1) is 6.20. The number of halogens is 1. The van der Waals surface area contributed by atoms with Gasteiger partial charge in [0.15, 0.2) is 0 Å². The minimum atomic E-state index is -0.344. The van der Waals surface area contributed by atoms with Gasteiger partial charge < -0.3 is 10.7 Å². The first kappa shape index (κ1) is 8.13. The average molecular weight is 195 g/mol. The molecule has 0 saturated carbocycles. The fourth-order valence-electron chi connectivity index (χ4n) is 1.22. The molecule has 0 saturated heterocycles. The second-order valence-corrected chi connectivity index (χ2v) is 3.11. The molecule has 0 bridgehead atoms. The smallest absolute Gasteiger partial charge is 0.273 e. The number of aromatic amines is 1. The van der Waals surface area contributed by atoms with Crippen LogP contribution in [0.15, 0.2) is 29.1 Å². The van der Waals surface area contributed by atoms with Crippen molar-refractivity contribution in [1.29, 1.82) is 0 Å². The number of rotatable bonds is 0. The highest BCUT2D eigenvalue weighted by molar-refractivity contribution is 6.37. The molecule has 66 valence electrons. The highest BCUT2D eigenvalue weighted by Crippen LogP contribution is 2.23. The van der Waals surface area contributed by atoms with Crippen molar-refractivity contribution in [3.63, 3.8) is 0 Å². The van der Waals surface area contributed by atoms with Gasteiger partial charge in [-0.05, 0) is 6.07 Å². The summed E-state index contributed by atoms with van der Waals surface area (Å²) in [5.41, 5.74) is 5.90. The van der Waals surface area contributed by atoms with Crippen LogP contribution in [0.3, 0.4) is 0 Å². The number of hydrogen-bond donors (Lipinski definition) is 2. The third-order valence-electron chi connectivity index (χ3n) is 1.89. The monoisotopic (exact) mass is 194 g/mol. The largest absolute Gasteiger partial charge is 0.393 e. The fourth-order valence-corrected chi connectivity index (χ4v) is 1.47. The van der Waals surface area contributed by atoms with E-state index in [2.05, 4.69) is 4.98 Å². The van der Waals surface area contributed by atoms with Gasteiger partial charge in [0, 0.05) is 10.9 Å². The second-order valence-electron chi connectivity index (χ2n) is 2.73. The average Bonchev–Trinajstić information content (AvgIpc) is 2.15. The Bertz CT molecular complexity index is 518. The van der Waals surface area contributed by atoms with Crippen LogP contribution in [0.25, 0.3) is 10.9 Å². The maximum absolute atomic E-state index is 11.2. The van der Waals surface area contributed by atoms with Gasteiger partial charge in [0.1, 0.15) is 5.69 Å².